The van der Waals surface area contributed by atoms with Crippen LogP contribution in [0.25, 0.3) is 0 Å². The average Bonchev–Trinajstić information content (AvgIpc) is 3.27. The molecule has 1 fully saturated rings. The SMILES string of the molecule is Cc1ccc([C@@H](N[C@H](C)C(=O)NC2CCCC2)c2cccs2)cc1. The van der Waals surface area contributed by atoms with Crippen LogP contribution in [0.15, 0.2) is 41.8 Å². The van der Waals surface area contributed by atoms with Gasteiger partial charge in [-0.3, -0.25) is 10.1 Å². The topological polar surface area (TPSA) is 41.1 Å². The smallest absolute Gasteiger partial charge is 0.237 e. The van der Waals surface area contributed by atoms with Gasteiger partial charge >= 0.3 is 0 Å². The van der Waals surface area contributed by atoms with E-state index in [1.54, 1.807) is 11.3 Å². The van der Waals surface area contributed by atoms with E-state index in [2.05, 4.69) is 59.3 Å². The van der Waals surface area contributed by atoms with Crippen LogP contribution in [0.2, 0.25) is 0 Å². The predicted molar refractivity (Wildman–Crippen MR) is 100 cm³/mol. The minimum Gasteiger partial charge on any atom is -0.352 e. The second kappa shape index (κ2) is 7.95. The van der Waals surface area contributed by atoms with Gasteiger partial charge in [0.1, 0.15) is 0 Å². The third-order valence-electron chi connectivity index (χ3n) is 4.75. The highest BCUT2D eigenvalue weighted by Crippen LogP contribution is 2.27. The second-order valence-corrected chi connectivity index (χ2v) is 7.72. The van der Waals surface area contributed by atoms with E-state index < -0.39 is 0 Å². The summed E-state index contributed by atoms with van der Waals surface area (Å²) < 4.78 is 0. The van der Waals surface area contributed by atoms with Gasteiger partial charge in [0.05, 0.1) is 12.1 Å². The number of benzene rings is 1. The molecule has 1 saturated carbocycles. The van der Waals surface area contributed by atoms with Gasteiger partial charge in [0.25, 0.3) is 0 Å². The summed E-state index contributed by atoms with van der Waals surface area (Å²) in [4.78, 5) is 13.8. The Hall–Kier alpha value is -1.65. The van der Waals surface area contributed by atoms with Crippen molar-refractivity contribution in [2.75, 3.05) is 0 Å². The van der Waals surface area contributed by atoms with Gasteiger partial charge in [0.15, 0.2) is 0 Å². The van der Waals surface area contributed by atoms with Crippen molar-refractivity contribution in [3.8, 4) is 0 Å². The molecule has 1 aromatic heterocycles. The summed E-state index contributed by atoms with van der Waals surface area (Å²) in [5.74, 6) is 0.107. The Balaban J connectivity index is 1.71. The van der Waals surface area contributed by atoms with Crippen LogP contribution in [0, 0.1) is 6.92 Å². The number of thiophene rings is 1. The Morgan fingerprint density at radius 2 is 1.88 bits per heavy atom. The molecule has 0 radical (unpaired) electrons. The number of rotatable bonds is 6. The number of hydrogen-bond acceptors (Lipinski definition) is 3. The highest BCUT2D eigenvalue weighted by atomic mass is 32.1. The van der Waals surface area contributed by atoms with Crippen LogP contribution in [-0.2, 0) is 4.79 Å². The molecule has 0 bridgehead atoms. The van der Waals surface area contributed by atoms with E-state index in [1.807, 2.05) is 6.92 Å². The Bertz CT molecular complexity index is 645. The average molecular weight is 343 g/mol. The van der Waals surface area contributed by atoms with Crippen molar-refractivity contribution in [2.24, 2.45) is 0 Å². The van der Waals surface area contributed by atoms with E-state index in [1.165, 1.54) is 28.8 Å². The van der Waals surface area contributed by atoms with Gasteiger partial charge in [-0.05, 0) is 43.7 Å². The summed E-state index contributed by atoms with van der Waals surface area (Å²) in [5, 5.41) is 8.80. The van der Waals surface area contributed by atoms with Crippen LogP contribution in [0.5, 0.6) is 0 Å². The molecule has 0 saturated heterocycles. The number of carbonyl (C=O) groups excluding carboxylic acids is 1. The van der Waals surface area contributed by atoms with Crippen molar-refractivity contribution in [3.63, 3.8) is 0 Å². The van der Waals surface area contributed by atoms with E-state index in [0.29, 0.717) is 6.04 Å². The molecule has 1 heterocycles. The summed E-state index contributed by atoms with van der Waals surface area (Å²) in [6.07, 6.45) is 4.69. The molecule has 1 amide bonds. The van der Waals surface area contributed by atoms with Gasteiger partial charge in [0, 0.05) is 10.9 Å². The van der Waals surface area contributed by atoms with Crippen LogP contribution >= 0.6 is 11.3 Å². The molecule has 0 spiro atoms. The molecule has 2 atom stereocenters. The maximum atomic E-state index is 12.5. The molecule has 1 aromatic carbocycles. The maximum absolute atomic E-state index is 12.5. The number of nitrogens with one attached hydrogen (secondary N) is 2. The van der Waals surface area contributed by atoms with Gasteiger partial charge in [-0.1, -0.05) is 48.7 Å². The number of carbonyl (C=O) groups is 1. The van der Waals surface area contributed by atoms with E-state index in [9.17, 15) is 4.79 Å². The fourth-order valence-electron chi connectivity index (χ4n) is 3.28. The Morgan fingerprint density at radius 1 is 1.17 bits per heavy atom. The molecule has 1 aliphatic carbocycles. The van der Waals surface area contributed by atoms with Crippen molar-refractivity contribution in [2.45, 2.75) is 57.7 Å². The van der Waals surface area contributed by atoms with E-state index in [4.69, 9.17) is 0 Å². The van der Waals surface area contributed by atoms with Gasteiger partial charge < -0.3 is 5.32 Å². The van der Waals surface area contributed by atoms with Crippen molar-refractivity contribution in [1.82, 2.24) is 10.6 Å². The van der Waals surface area contributed by atoms with Crippen LogP contribution < -0.4 is 10.6 Å². The van der Waals surface area contributed by atoms with Crippen molar-refractivity contribution in [3.05, 3.63) is 57.8 Å². The zero-order valence-corrected chi connectivity index (χ0v) is 15.2. The highest BCUT2D eigenvalue weighted by molar-refractivity contribution is 7.10. The summed E-state index contributed by atoms with van der Waals surface area (Å²) in [6.45, 7) is 4.05. The predicted octanol–water partition coefficient (Wildman–Crippen LogP) is 4.18. The molecule has 3 rings (SSSR count). The summed E-state index contributed by atoms with van der Waals surface area (Å²) >= 11 is 1.72. The molecular formula is C20H26N2OS. The lowest BCUT2D eigenvalue weighted by Gasteiger charge is -2.24. The normalized spacial score (nSPS) is 17.6. The number of aryl methyl sites for hydroxylation is 1. The summed E-state index contributed by atoms with van der Waals surface area (Å²) in [6, 6.07) is 12.9. The lowest BCUT2D eigenvalue weighted by Crippen LogP contribution is -2.46. The van der Waals surface area contributed by atoms with Crippen molar-refractivity contribution in [1.29, 1.82) is 0 Å². The minimum absolute atomic E-state index is 0.0509. The van der Waals surface area contributed by atoms with Crippen LogP contribution in [0.4, 0.5) is 0 Å². The largest absolute Gasteiger partial charge is 0.352 e. The van der Waals surface area contributed by atoms with Crippen LogP contribution in [0.3, 0.4) is 0 Å². The van der Waals surface area contributed by atoms with Crippen molar-refractivity contribution < 1.29 is 4.79 Å². The summed E-state index contributed by atoms with van der Waals surface area (Å²) in [7, 11) is 0. The first kappa shape index (κ1) is 17.2. The fraction of sp³-hybridized carbons (Fsp3) is 0.450. The third kappa shape index (κ3) is 4.25. The maximum Gasteiger partial charge on any atom is 0.237 e. The Kier molecular flexibility index (Phi) is 5.69. The van der Waals surface area contributed by atoms with Crippen molar-refractivity contribution >= 4 is 17.2 Å². The van der Waals surface area contributed by atoms with Gasteiger partial charge in [-0.25, -0.2) is 0 Å². The minimum atomic E-state index is -0.223. The zero-order valence-electron chi connectivity index (χ0n) is 14.4. The summed E-state index contributed by atoms with van der Waals surface area (Å²) in [5.41, 5.74) is 2.44. The highest BCUT2D eigenvalue weighted by Gasteiger charge is 2.24. The Labute approximate surface area is 148 Å². The second-order valence-electron chi connectivity index (χ2n) is 6.74. The molecule has 3 nitrogen and oxygen atoms in total. The van der Waals surface area contributed by atoms with E-state index >= 15 is 0 Å². The first-order valence-electron chi connectivity index (χ1n) is 8.80. The molecule has 1 aliphatic rings. The third-order valence-corrected chi connectivity index (χ3v) is 5.69. The van der Waals surface area contributed by atoms with Gasteiger partial charge in [0.2, 0.25) is 5.91 Å². The zero-order chi connectivity index (χ0) is 16.9. The monoisotopic (exact) mass is 342 g/mol. The number of amides is 1. The molecule has 4 heteroatoms. The first-order valence-corrected chi connectivity index (χ1v) is 9.68. The van der Waals surface area contributed by atoms with E-state index in [-0.39, 0.29) is 18.0 Å². The molecular weight excluding hydrogens is 316 g/mol. The quantitative estimate of drug-likeness (QED) is 0.827. The standard InChI is InChI=1S/C20H26N2OS/c1-14-9-11-16(12-10-14)19(18-8-5-13-24-18)21-15(2)20(23)22-17-6-3-4-7-17/h5,8-13,15,17,19,21H,3-4,6-7H2,1-2H3,(H,22,23)/t15-,19-/m1/s1. The van der Waals surface area contributed by atoms with Crippen LogP contribution in [0.1, 0.15) is 54.7 Å². The number of hydrogen-bond donors (Lipinski definition) is 2. The van der Waals surface area contributed by atoms with Crippen LogP contribution in [-0.4, -0.2) is 18.0 Å². The lowest BCUT2D eigenvalue weighted by atomic mass is 10.0. The van der Waals surface area contributed by atoms with E-state index in [0.717, 1.165) is 12.8 Å². The lowest BCUT2D eigenvalue weighted by molar-refractivity contribution is -0.123. The van der Waals surface area contributed by atoms with Gasteiger partial charge in [-0.2, -0.15) is 0 Å². The molecule has 128 valence electrons. The molecule has 2 aromatic rings. The fourth-order valence-corrected chi connectivity index (χ4v) is 4.09. The van der Waals surface area contributed by atoms with Gasteiger partial charge in [-0.15, -0.1) is 11.3 Å². The molecule has 2 N–H and O–H groups in total. The molecule has 24 heavy (non-hydrogen) atoms. The Morgan fingerprint density at radius 3 is 2.50 bits per heavy atom. The first-order chi connectivity index (χ1) is 11.6. The molecule has 0 aliphatic heterocycles. The molecule has 0 unspecified atom stereocenters.